The zero-order valence-electron chi connectivity index (χ0n) is 18.0. The highest BCUT2D eigenvalue weighted by Gasteiger charge is 2.23. The van der Waals surface area contributed by atoms with Crippen LogP contribution in [0.15, 0.2) is 91.3 Å². The molecule has 0 unspecified atom stereocenters. The summed E-state index contributed by atoms with van der Waals surface area (Å²) >= 11 is 0. The molecule has 0 spiro atoms. The van der Waals surface area contributed by atoms with Crippen LogP contribution in [-0.4, -0.2) is 31.9 Å². The molecule has 0 N–H and O–H groups in total. The number of para-hydroxylation sites is 1. The Morgan fingerprint density at radius 1 is 0.906 bits per heavy atom. The first-order chi connectivity index (χ1) is 15.6. The molecule has 0 aliphatic rings. The van der Waals surface area contributed by atoms with Gasteiger partial charge in [-0.25, -0.2) is 9.97 Å². The summed E-state index contributed by atoms with van der Waals surface area (Å²) in [5, 5.41) is 0. The fourth-order valence-corrected chi connectivity index (χ4v) is 3.86. The van der Waals surface area contributed by atoms with Crippen LogP contribution in [0.5, 0.6) is 0 Å². The monoisotopic (exact) mass is 421 g/mol. The van der Waals surface area contributed by atoms with E-state index in [0.717, 1.165) is 29.3 Å². The van der Waals surface area contributed by atoms with Gasteiger partial charge < -0.3 is 9.47 Å². The van der Waals surface area contributed by atoms with E-state index in [1.807, 2.05) is 90.4 Å². The van der Waals surface area contributed by atoms with Crippen LogP contribution in [-0.2, 0) is 6.54 Å². The van der Waals surface area contributed by atoms with Crippen molar-refractivity contribution >= 4 is 17.1 Å². The molecule has 3 heterocycles. The van der Waals surface area contributed by atoms with Crippen molar-refractivity contribution in [3.63, 3.8) is 0 Å². The molecule has 2 aromatic carbocycles. The van der Waals surface area contributed by atoms with Gasteiger partial charge in [0, 0.05) is 31.7 Å². The minimum absolute atomic E-state index is 0.161. The maximum Gasteiger partial charge on any atom is 0.278 e. The number of carbonyl (C=O) groups excluding carboxylic acids is 1. The highest BCUT2D eigenvalue weighted by Crippen LogP contribution is 2.25. The zero-order valence-corrected chi connectivity index (χ0v) is 18.0. The number of hydrogen-bond donors (Lipinski definition) is 0. The molecule has 5 rings (SSSR count). The van der Waals surface area contributed by atoms with Crippen molar-refractivity contribution in [2.75, 3.05) is 11.9 Å². The SMILES string of the molecule is Cc1nc(-c2nc(C(=O)N(C)c3ccccc3)c3ccccn23)cn1Cc1ccccc1. The van der Waals surface area contributed by atoms with Crippen molar-refractivity contribution < 1.29 is 4.79 Å². The van der Waals surface area contributed by atoms with Gasteiger partial charge in [0.25, 0.3) is 5.91 Å². The molecule has 0 bridgehead atoms. The summed E-state index contributed by atoms with van der Waals surface area (Å²) in [5.74, 6) is 1.39. The minimum atomic E-state index is -0.161. The minimum Gasteiger partial charge on any atom is -0.330 e. The first-order valence-electron chi connectivity index (χ1n) is 10.5. The number of amides is 1. The Kier molecular flexibility index (Phi) is 5.03. The molecule has 0 saturated heterocycles. The molecule has 158 valence electrons. The zero-order chi connectivity index (χ0) is 22.1. The average Bonchev–Trinajstić information content (AvgIpc) is 3.40. The second-order valence-electron chi connectivity index (χ2n) is 7.73. The Labute approximate surface area is 186 Å². The molecule has 1 amide bonds. The molecule has 0 atom stereocenters. The number of fused-ring (bicyclic) bond motifs is 1. The normalized spacial score (nSPS) is 11.1. The number of hydrogen-bond acceptors (Lipinski definition) is 3. The fourth-order valence-electron chi connectivity index (χ4n) is 3.86. The lowest BCUT2D eigenvalue weighted by Crippen LogP contribution is -2.26. The molecule has 3 aromatic heterocycles. The Bertz CT molecular complexity index is 1390. The van der Waals surface area contributed by atoms with Crippen molar-refractivity contribution in [2.24, 2.45) is 0 Å². The molecule has 0 aliphatic carbocycles. The van der Waals surface area contributed by atoms with Crippen LogP contribution in [0.2, 0.25) is 0 Å². The van der Waals surface area contributed by atoms with Gasteiger partial charge >= 0.3 is 0 Å². The van der Waals surface area contributed by atoms with Crippen molar-refractivity contribution in [2.45, 2.75) is 13.5 Å². The molecule has 0 saturated carbocycles. The van der Waals surface area contributed by atoms with E-state index in [0.29, 0.717) is 11.5 Å². The van der Waals surface area contributed by atoms with E-state index in [-0.39, 0.29) is 5.91 Å². The van der Waals surface area contributed by atoms with Gasteiger partial charge in [0.2, 0.25) is 0 Å². The fraction of sp³-hybridized carbons (Fsp3) is 0.115. The summed E-state index contributed by atoms with van der Waals surface area (Å²) in [6, 6.07) is 25.6. The quantitative estimate of drug-likeness (QED) is 0.408. The van der Waals surface area contributed by atoms with Crippen LogP contribution in [0, 0.1) is 6.92 Å². The third-order valence-electron chi connectivity index (χ3n) is 5.60. The molecular weight excluding hydrogens is 398 g/mol. The summed E-state index contributed by atoms with van der Waals surface area (Å²) in [5.41, 5.74) is 3.92. The van der Waals surface area contributed by atoms with Crippen LogP contribution in [0.1, 0.15) is 21.9 Å². The van der Waals surface area contributed by atoms with E-state index in [1.54, 1.807) is 11.9 Å². The highest BCUT2D eigenvalue weighted by molar-refractivity contribution is 6.09. The maximum absolute atomic E-state index is 13.3. The van der Waals surface area contributed by atoms with Crippen LogP contribution >= 0.6 is 0 Å². The Hall–Kier alpha value is -4.19. The molecule has 6 heteroatoms. The van der Waals surface area contributed by atoms with Gasteiger partial charge in [0.05, 0.1) is 5.52 Å². The second-order valence-corrected chi connectivity index (χ2v) is 7.73. The smallest absolute Gasteiger partial charge is 0.278 e. The second kappa shape index (κ2) is 8.15. The predicted octanol–water partition coefficient (Wildman–Crippen LogP) is 4.83. The number of rotatable bonds is 5. The van der Waals surface area contributed by atoms with Crippen molar-refractivity contribution in [3.05, 3.63) is 108 Å². The van der Waals surface area contributed by atoms with E-state index in [2.05, 4.69) is 16.7 Å². The van der Waals surface area contributed by atoms with Gasteiger partial charge in [-0.3, -0.25) is 9.20 Å². The molecular formula is C26H23N5O. The van der Waals surface area contributed by atoms with Crippen LogP contribution in [0.4, 0.5) is 5.69 Å². The van der Waals surface area contributed by atoms with Gasteiger partial charge in [-0.1, -0.05) is 54.6 Å². The maximum atomic E-state index is 13.3. The number of pyridine rings is 1. The Morgan fingerprint density at radius 2 is 1.59 bits per heavy atom. The van der Waals surface area contributed by atoms with Gasteiger partial charge in [0.15, 0.2) is 11.5 Å². The summed E-state index contributed by atoms with van der Waals surface area (Å²) in [6.07, 6.45) is 3.92. The molecule has 0 fully saturated rings. The lowest BCUT2D eigenvalue weighted by molar-refractivity contribution is 0.0990. The third kappa shape index (κ3) is 3.56. The van der Waals surface area contributed by atoms with Crippen LogP contribution < -0.4 is 4.90 Å². The molecule has 0 radical (unpaired) electrons. The van der Waals surface area contributed by atoms with Crippen molar-refractivity contribution in [1.29, 1.82) is 0 Å². The topological polar surface area (TPSA) is 55.4 Å². The highest BCUT2D eigenvalue weighted by atomic mass is 16.2. The molecule has 6 nitrogen and oxygen atoms in total. The van der Waals surface area contributed by atoms with Gasteiger partial charge in [0.1, 0.15) is 11.5 Å². The lowest BCUT2D eigenvalue weighted by atomic mass is 10.2. The summed E-state index contributed by atoms with van der Waals surface area (Å²) < 4.78 is 4.03. The van der Waals surface area contributed by atoms with E-state index >= 15 is 0 Å². The van der Waals surface area contributed by atoms with E-state index in [4.69, 9.17) is 9.97 Å². The molecule has 0 aliphatic heterocycles. The van der Waals surface area contributed by atoms with Crippen LogP contribution in [0.3, 0.4) is 0 Å². The molecule has 5 aromatic rings. The van der Waals surface area contributed by atoms with Crippen LogP contribution in [0.25, 0.3) is 17.0 Å². The van der Waals surface area contributed by atoms with E-state index in [9.17, 15) is 4.79 Å². The lowest BCUT2D eigenvalue weighted by Gasteiger charge is -2.16. The van der Waals surface area contributed by atoms with Crippen molar-refractivity contribution in [3.8, 4) is 11.5 Å². The largest absolute Gasteiger partial charge is 0.330 e. The van der Waals surface area contributed by atoms with Gasteiger partial charge in [-0.15, -0.1) is 0 Å². The number of benzene rings is 2. The molecule has 32 heavy (non-hydrogen) atoms. The van der Waals surface area contributed by atoms with Gasteiger partial charge in [-0.2, -0.15) is 0 Å². The number of anilines is 1. The number of nitrogens with zero attached hydrogens (tertiary/aromatic N) is 5. The number of carbonyl (C=O) groups is 1. The van der Waals surface area contributed by atoms with Gasteiger partial charge in [-0.05, 0) is 36.8 Å². The summed E-state index contributed by atoms with van der Waals surface area (Å²) in [6.45, 7) is 2.71. The number of aromatic nitrogens is 4. The Balaban J connectivity index is 1.55. The van der Waals surface area contributed by atoms with Crippen molar-refractivity contribution in [1.82, 2.24) is 18.9 Å². The summed E-state index contributed by atoms with van der Waals surface area (Å²) in [7, 11) is 1.77. The Morgan fingerprint density at radius 3 is 2.34 bits per heavy atom. The standard InChI is InChI=1S/C26H23N5O/c1-19-27-22(18-30(19)17-20-11-5-3-6-12-20)25-28-24(23-15-9-10-16-31(23)25)26(32)29(2)21-13-7-4-8-14-21/h3-16,18H,17H2,1-2H3. The number of imidazole rings is 2. The van der Waals surface area contributed by atoms with E-state index in [1.165, 1.54) is 5.56 Å². The summed E-state index contributed by atoms with van der Waals surface area (Å²) in [4.78, 5) is 24.5. The average molecular weight is 422 g/mol. The third-order valence-corrected chi connectivity index (χ3v) is 5.60. The van der Waals surface area contributed by atoms with E-state index < -0.39 is 0 Å². The predicted molar refractivity (Wildman–Crippen MR) is 126 cm³/mol. The number of aryl methyl sites for hydroxylation is 1. The first kappa shape index (κ1) is 19.8. The first-order valence-corrected chi connectivity index (χ1v) is 10.5.